The molecule has 7 unspecified atom stereocenters. The van der Waals surface area contributed by atoms with Gasteiger partial charge in [0, 0.05) is 12.8 Å². The second kappa shape index (κ2) is 8.53. The van der Waals surface area contributed by atoms with Crippen LogP contribution in [0.25, 0.3) is 0 Å². The van der Waals surface area contributed by atoms with Gasteiger partial charge in [-0.3, -0.25) is 4.79 Å². The second-order valence-corrected chi connectivity index (χ2v) is 8.30. The number of rotatable bonds is 6. The first kappa shape index (κ1) is 20.9. The number of aliphatic hydroxyl groups excluding tert-OH is 2. The molecule has 2 aliphatic carbocycles. The molecule has 1 fully saturated rings. The van der Waals surface area contributed by atoms with Gasteiger partial charge >= 0.3 is 5.97 Å². The van der Waals surface area contributed by atoms with Gasteiger partial charge < -0.3 is 14.9 Å². The Morgan fingerprint density at radius 2 is 2.04 bits per heavy atom. The van der Waals surface area contributed by atoms with Crippen molar-refractivity contribution in [3.63, 3.8) is 0 Å². The van der Waals surface area contributed by atoms with E-state index in [-0.39, 0.29) is 35.7 Å². The van der Waals surface area contributed by atoms with Crippen LogP contribution in [0.2, 0.25) is 0 Å². The Morgan fingerprint density at radius 3 is 2.62 bits per heavy atom. The smallest absolute Gasteiger partial charge is 0.302 e. The van der Waals surface area contributed by atoms with Crippen molar-refractivity contribution in [1.29, 1.82) is 0 Å². The molecule has 0 aromatic heterocycles. The molecule has 0 spiro atoms. The number of hydrogen-bond acceptors (Lipinski definition) is 4. The first-order valence-corrected chi connectivity index (χ1v) is 9.66. The van der Waals surface area contributed by atoms with E-state index in [9.17, 15) is 15.0 Å². The first-order chi connectivity index (χ1) is 12.1. The third-order valence-corrected chi connectivity index (χ3v) is 6.29. The summed E-state index contributed by atoms with van der Waals surface area (Å²) in [4.78, 5) is 11.6. The molecule has 0 aliphatic heterocycles. The maximum Gasteiger partial charge on any atom is 0.302 e. The lowest BCUT2D eigenvalue weighted by atomic mass is 9.75. The Balaban J connectivity index is 2.26. The van der Waals surface area contributed by atoms with Crippen LogP contribution in [0.3, 0.4) is 0 Å². The lowest BCUT2D eigenvalue weighted by Crippen LogP contribution is -2.40. The lowest BCUT2D eigenvalue weighted by Gasteiger charge is -2.36. The van der Waals surface area contributed by atoms with Crippen molar-refractivity contribution in [3.05, 3.63) is 36.0 Å². The molecule has 146 valence electrons. The summed E-state index contributed by atoms with van der Waals surface area (Å²) in [6, 6.07) is 0. The fourth-order valence-corrected chi connectivity index (χ4v) is 4.70. The van der Waals surface area contributed by atoms with Gasteiger partial charge in [-0.1, -0.05) is 30.7 Å². The van der Waals surface area contributed by atoms with Crippen LogP contribution >= 0.6 is 0 Å². The van der Waals surface area contributed by atoms with E-state index < -0.39 is 12.2 Å². The molecular formula is C22H34O4. The van der Waals surface area contributed by atoms with Crippen LogP contribution in [0.4, 0.5) is 0 Å². The zero-order valence-corrected chi connectivity index (χ0v) is 16.6. The molecule has 0 amide bonds. The molecule has 0 aromatic rings. The minimum atomic E-state index is -0.634. The van der Waals surface area contributed by atoms with Crippen LogP contribution in [0, 0.1) is 23.7 Å². The molecule has 0 heterocycles. The Morgan fingerprint density at radius 1 is 1.38 bits per heavy atom. The van der Waals surface area contributed by atoms with Gasteiger partial charge in [0.15, 0.2) is 0 Å². The quantitative estimate of drug-likeness (QED) is 0.557. The van der Waals surface area contributed by atoms with Gasteiger partial charge in [-0.15, -0.1) is 6.58 Å². The highest BCUT2D eigenvalue weighted by molar-refractivity contribution is 5.66. The molecular weight excluding hydrogens is 328 g/mol. The van der Waals surface area contributed by atoms with Crippen molar-refractivity contribution in [3.8, 4) is 0 Å². The van der Waals surface area contributed by atoms with Crippen molar-refractivity contribution >= 4 is 5.97 Å². The van der Waals surface area contributed by atoms with E-state index >= 15 is 0 Å². The van der Waals surface area contributed by atoms with Gasteiger partial charge in [0.05, 0.1) is 12.2 Å². The number of hydrogen-bond donors (Lipinski definition) is 2. The molecule has 1 saturated carbocycles. The Hall–Kier alpha value is -1.39. The Kier molecular flexibility index (Phi) is 6.86. The van der Waals surface area contributed by atoms with E-state index in [4.69, 9.17) is 4.74 Å². The maximum atomic E-state index is 11.6. The highest BCUT2D eigenvalue weighted by Crippen LogP contribution is 2.47. The number of ether oxygens (including phenoxy) is 1. The van der Waals surface area contributed by atoms with E-state index in [2.05, 4.69) is 19.2 Å². The molecule has 0 aromatic carbocycles. The number of aliphatic hydroxyl groups is 2. The standard InChI is InChI=1S/C22H34O4/c1-12(2)7-10-20(26-16(6)23)15(5)18-11-19(24)14(4)17-9-8-13(3)21(17)22(18)25/h8,15,17-22,24-25H,1,4,7,9-11H2,2-3,5-6H3. The molecule has 2 rings (SSSR count). The van der Waals surface area contributed by atoms with Gasteiger partial charge in [-0.2, -0.15) is 0 Å². The Labute approximate surface area is 157 Å². The predicted molar refractivity (Wildman–Crippen MR) is 103 cm³/mol. The van der Waals surface area contributed by atoms with E-state index in [1.807, 2.05) is 20.8 Å². The average molecular weight is 363 g/mol. The highest BCUT2D eigenvalue weighted by atomic mass is 16.5. The SMILES string of the molecule is C=C(C)CCC(OC(C)=O)C(C)C1CC(O)C(=C)C2CC=C(C)C2C1O. The molecule has 0 radical (unpaired) electrons. The maximum absolute atomic E-state index is 11.6. The monoisotopic (exact) mass is 362 g/mol. The van der Waals surface area contributed by atoms with Crippen LogP contribution in [-0.4, -0.2) is 34.5 Å². The van der Waals surface area contributed by atoms with E-state index in [1.165, 1.54) is 12.5 Å². The van der Waals surface area contributed by atoms with Gasteiger partial charge in [0.1, 0.15) is 6.10 Å². The van der Waals surface area contributed by atoms with E-state index in [0.717, 1.165) is 24.0 Å². The lowest BCUT2D eigenvalue weighted by molar-refractivity contribution is -0.152. The third kappa shape index (κ3) is 4.47. The minimum absolute atomic E-state index is 0.00813. The summed E-state index contributed by atoms with van der Waals surface area (Å²) in [5.41, 5.74) is 3.03. The number of carbonyl (C=O) groups is 1. The zero-order chi connectivity index (χ0) is 19.6. The number of fused-ring (bicyclic) bond motifs is 1. The highest BCUT2D eigenvalue weighted by Gasteiger charge is 2.46. The number of carbonyl (C=O) groups excluding carboxylic acids is 1. The summed E-state index contributed by atoms with van der Waals surface area (Å²) in [6.07, 6.45) is 3.36. The normalized spacial score (nSPS) is 33.7. The summed E-state index contributed by atoms with van der Waals surface area (Å²) in [7, 11) is 0. The molecule has 7 atom stereocenters. The van der Waals surface area contributed by atoms with Crippen molar-refractivity contribution in [2.45, 2.75) is 71.7 Å². The van der Waals surface area contributed by atoms with Gasteiger partial charge in [-0.25, -0.2) is 0 Å². The minimum Gasteiger partial charge on any atom is -0.462 e. The van der Waals surface area contributed by atoms with Crippen LogP contribution in [-0.2, 0) is 9.53 Å². The molecule has 2 aliphatic rings. The van der Waals surface area contributed by atoms with Crippen molar-refractivity contribution in [1.82, 2.24) is 0 Å². The Bertz CT molecular complexity index is 591. The largest absolute Gasteiger partial charge is 0.462 e. The van der Waals surface area contributed by atoms with Gasteiger partial charge in [0.2, 0.25) is 0 Å². The molecule has 4 heteroatoms. The molecule has 2 N–H and O–H groups in total. The molecule has 0 bridgehead atoms. The average Bonchev–Trinajstić information content (AvgIpc) is 2.91. The van der Waals surface area contributed by atoms with Crippen molar-refractivity contribution in [2.75, 3.05) is 0 Å². The van der Waals surface area contributed by atoms with Crippen LogP contribution in [0.5, 0.6) is 0 Å². The van der Waals surface area contributed by atoms with Crippen LogP contribution in [0.15, 0.2) is 36.0 Å². The van der Waals surface area contributed by atoms with Crippen LogP contribution < -0.4 is 0 Å². The van der Waals surface area contributed by atoms with Crippen LogP contribution in [0.1, 0.15) is 53.4 Å². The molecule has 0 saturated heterocycles. The fraction of sp³-hybridized carbons (Fsp3) is 0.682. The fourth-order valence-electron chi connectivity index (χ4n) is 4.70. The number of esters is 1. The van der Waals surface area contributed by atoms with Gasteiger partial charge in [0.25, 0.3) is 0 Å². The molecule has 26 heavy (non-hydrogen) atoms. The summed E-state index contributed by atoms with van der Waals surface area (Å²) >= 11 is 0. The van der Waals surface area contributed by atoms with Crippen molar-refractivity contribution < 1.29 is 19.7 Å². The predicted octanol–water partition coefficient (Wildman–Crippen LogP) is 3.79. The topological polar surface area (TPSA) is 66.8 Å². The summed E-state index contributed by atoms with van der Waals surface area (Å²) in [5.74, 6) is -0.451. The number of allylic oxidation sites excluding steroid dienone is 2. The van der Waals surface area contributed by atoms with Gasteiger partial charge in [-0.05, 0) is 62.9 Å². The summed E-state index contributed by atoms with van der Waals surface area (Å²) in [5, 5.41) is 21.9. The van der Waals surface area contributed by atoms with Crippen molar-refractivity contribution in [2.24, 2.45) is 23.7 Å². The van der Waals surface area contributed by atoms with E-state index in [0.29, 0.717) is 12.8 Å². The summed E-state index contributed by atoms with van der Waals surface area (Å²) in [6.45, 7) is 15.5. The zero-order valence-electron chi connectivity index (χ0n) is 16.6. The molecule has 4 nitrogen and oxygen atoms in total. The van der Waals surface area contributed by atoms with E-state index in [1.54, 1.807) is 0 Å². The second-order valence-electron chi connectivity index (χ2n) is 8.30. The first-order valence-electron chi connectivity index (χ1n) is 9.66. The summed E-state index contributed by atoms with van der Waals surface area (Å²) < 4.78 is 5.60. The third-order valence-electron chi connectivity index (χ3n) is 6.29.